The number of carbonyl (C=O) groups is 2. The first-order chi connectivity index (χ1) is 15.8. The highest BCUT2D eigenvalue weighted by atomic mass is 32.2. The van der Waals surface area contributed by atoms with E-state index in [1.165, 1.54) is 11.8 Å². The molecule has 0 bridgehead atoms. The maximum atomic E-state index is 13.2. The van der Waals surface area contributed by atoms with Crippen molar-refractivity contribution in [3.8, 4) is 11.5 Å². The first-order valence-electron chi connectivity index (χ1n) is 10.6. The van der Waals surface area contributed by atoms with Crippen LogP contribution in [0.15, 0.2) is 52.4 Å². The molecule has 8 nitrogen and oxygen atoms in total. The molecule has 0 unspecified atom stereocenters. The number of rotatable bonds is 6. The molecule has 0 radical (unpaired) electrons. The zero-order valence-corrected chi connectivity index (χ0v) is 20.0. The van der Waals surface area contributed by atoms with Gasteiger partial charge >= 0.3 is 0 Å². The molecule has 33 heavy (non-hydrogen) atoms. The van der Waals surface area contributed by atoms with Crippen LogP contribution in [0, 0.1) is 5.92 Å². The predicted octanol–water partition coefficient (Wildman–Crippen LogP) is 4.08. The van der Waals surface area contributed by atoms with E-state index in [0.717, 1.165) is 11.3 Å². The second-order valence-electron chi connectivity index (χ2n) is 8.08. The Kier molecular flexibility index (Phi) is 6.42. The molecular formula is C24H26N4O4S. The summed E-state index contributed by atoms with van der Waals surface area (Å²) in [5, 5.41) is 2.81. The van der Waals surface area contributed by atoms with Crippen molar-refractivity contribution >= 4 is 46.0 Å². The third-order valence-corrected chi connectivity index (χ3v) is 6.45. The molecule has 172 valence electrons. The molecule has 2 aliphatic rings. The van der Waals surface area contributed by atoms with Crippen molar-refractivity contribution in [3.05, 3.63) is 48.0 Å². The molecule has 0 aromatic heterocycles. The quantitative estimate of drug-likeness (QED) is 0.693. The number of methoxy groups -OCH3 is 2. The molecule has 0 saturated carbocycles. The van der Waals surface area contributed by atoms with Gasteiger partial charge in [-0.25, -0.2) is 9.89 Å². The van der Waals surface area contributed by atoms with Crippen LogP contribution in [-0.4, -0.2) is 53.2 Å². The summed E-state index contributed by atoms with van der Waals surface area (Å²) in [7, 11) is 3.10. The van der Waals surface area contributed by atoms with Crippen LogP contribution in [0.3, 0.4) is 0 Å². The van der Waals surface area contributed by atoms with Crippen LogP contribution in [0.4, 0.5) is 11.4 Å². The van der Waals surface area contributed by atoms with Crippen molar-refractivity contribution in [2.24, 2.45) is 15.9 Å². The van der Waals surface area contributed by atoms with Gasteiger partial charge in [-0.3, -0.25) is 14.6 Å². The number of hydrogen-bond donors (Lipinski definition) is 1. The second-order valence-corrected chi connectivity index (χ2v) is 9.39. The molecule has 2 aromatic rings. The molecule has 2 heterocycles. The summed E-state index contributed by atoms with van der Waals surface area (Å²) in [4.78, 5) is 37.1. The van der Waals surface area contributed by atoms with E-state index in [1.54, 1.807) is 44.2 Å². The summed E-state index contributed by atoms with van der Waals surface area (Å²) in [6.45, 7) is 5.72. The summed E-state index contributed by atoms with van der Waals surface area (Å²) in [5.74, 6) is 1.44. The van der Waals surface area contributed by atoms with Crippen LogP contribution < -0.4 is 14.8 Å². The van der Waals surface area contributed by atoms with Gasteiger partial charge in [0.15, 0.2) is 5.17 Å². The van der Waals surface area contributed by atoms with Gasteiger partial charge in [0.05, 0.1) is 25.2 Å². The minimum atomic E-state index is -0.529. The number of thioether (sulfide) groups is 1. The number of aliphatic imine (C=N–C) groups is 2. The molecule has 0 fully saturated rings. The Morgan fingerprint density at radius 1 is 1.09 bits per heavy atom. The smallest absolute Gasteiger partial charge is 0.259 e. The Hall–Kier alpha value is -3.33. The summed E-state index contributed by atoms with van der Waals surface area (Å²) >= 11 is 1.23. The maximum absolute atomic E-state index is 13.2. The van der Waals surface area contributed by atoms with Crippen molar-refractivity contribution in [1.29, 1.82) is 0 Å². The lowest BCUT2D eigenvalue weighted by molar-refractivity contribution is -0.125. The monoisotopic (exact) mass is 466 g/mol. The SMILES string of the molecule is COc1cc(NC(=O)[C@H](C)SC2=Nc3ccccc3C3=N[C@@H](C(C)C)C(=O)N23)cc(OC)c1. The summed E-state index contributed by atoms with van der Waals surface area (Å²) in [6.07, 6.45) is 0. The Labute approximate surface area is 197 Å². The largest absolute Gasteiger partial charge is 0.497 e. The summed E-state index contributed by atoms with van der Waals surface area (Å²) < 4.78 is 10.5. The lowest BCUT2D eigenvalue weighted by Gasteiger charge is -2.27. The highest BCUT2D eigenvalue weighted by Crippen LogP contribution is 2.36. The molecule has 2 amide bonds. The van der Waals surface area contributed by atoms with Crippen molar-refractivity contribution in [2.75, 3.05) is 19.5 Å². The topological polar surface area (TPSA) is 92.6 Å². The van der Waals surface area contributed by atoms with Crippen molar-refractivity contribution in [3.63, 3.8) is 0 Å². The molecule has 2 atom stereocenters. The third kappa shape index (κ3) is 4.45. The number of amidine groups is 2. The fourth-order valence-corrected chi connectivity index (χ4v) is 4.53. The number of ether oxygens (including phenoxy) is 2. The van der Waals surface area contributed by atoms with E-state index in [4.69, 9.17) is 19.5 Å². The van der Waals surface area contributed by atoms with Crippen molar-refractivity contribution < 1.29 is 19.1 Å². The van der Waals surface area contributed by atoms with E-state index in [2.05, 4.69) is 5.32 Å². The maximum Gasteiger partial charge on any atom is 0.259 e. The number of anilines is 1. The number of benzene rings is 2. The number of para-hydroxylation sites is 1. The molecular weight excluding hydrogens is 440 g/mol. The minimum absolute atomic E-state index is 0.0535. The van der Waals surface area contributed by atoms with Crippen molar-refractivity contribution in [1.82, 2.24) is 4.90 Å². The molecule has 1 N–H and O–H groups in total. The third-order valence-electron chi connectivity index (χ3n) is 5.40. The van der Waals surface area contributed by atoms with E-state index >= 15 is 0 Å². The molecule has 0 spiro atoms. The van der Waals surface area contributed by atoms with Crippen LogP contribution in [-0.2, 0) is 9.59 Å². The highest BCUT2D eigenvalue weighted by Gasteiger charge is 2.43. The predicted molar refractivity (Wildman–Crippen MR) is 131 cm³/mol. The number of hydrogen-bond acceptors (Lipinski definition) is 7. The fraction of sp³-hybridized carbons (Fsp3) is 0.333. The average Bonchev–Trinajstić information content (AvgIpc) is 3.16. The Morgan fingerprint density at radius 2 is 1.76 bits per heavy atom. The second kappa shape index (κ2) is 9.27. The molecule has 2 aliphatic heterocycles. The van der Waals surface area contributed by atoms with Crippen molar-refractivity contribution in [2.45, 2.75) is 32.1 Å². The molecule has 9 heteroatoms. The van der Waals surface area contributed by atoms with Gasteiger partial charge in [0.1, 0.15) is 23.4 Å². The number of carbonyl (C=O) groups excluding carboxylic acids is 2. The van der Waals surface area contributed by atoms with Gasteiger partial charge in [-0.1, -0.05) is 37.7 Å². The van der Waals surface area contributed by atoms with Gasteiger partial charge in [-0.15, -0.1) is 0 Å². The Morgan fingerprint density at radius 3 is 2.39 bits per heavy atom. The van der Waals surface area contributed by atoms with E-state index in [0.29, 0.717) is 28.2 Å². The van der Waals surface area contributed by atoms with Gasteiger partial charge in [-0.2, -0.15) is 0 Å². The Bertz CT molecular complexity index is 1140. The lowest BCUT2D eigenvalue weighted by Crippen LogP contribution is -2.43. The lowest BCUT2D eigenvalue weighted by atomic mass is 10.1. The Balaban J connectivity index is 1.58. The molecule has 4 rings (SSSR count). The number of fused-ring (bicyclic) bond motifs is 3. The molecule has 2 aromatic carbocycles. The number of nitrogens with zero attached hydrogens (tertiary/aromatic N) is 3. The number of amides is 2. The van der Waals surface area contributed by atoms with Crippen LogP contribution in [0.2, 0.25) is 0 Å². The summed E-state index contributed by atoms with van der Waals surface area (Å²) in [6, 6.07) is 12.3. The van der Waals surface area contributed by atoms with Gasteiger partial charge in [0.2, 0.25) is 5.91 Å². The first-order valence-corrected chi connectivity index (χ1v) is 11.5. The first kappa shape index (κ1) is 22.8. The normalized spacial score (nSPS) is 17.7. The highest BCUT2D eigenvalue weighted by molar-refractivity contribution is 8.15. The summed E-state index contributed by atoms with van der Waals surface area (Å²) in [5.41, 5.74) is 2.11. The van der Waals surface area contributed by atoms with E-state index in [1.807, 2.05) is 38.1 Å². The molecule has 0 saturated heterocycles. The fourth-order valence-electron chi connectivity index (χ4n) is 3.62. The van der Waals surface area contributed by atoms with Crippen LogP contribution in [0.25, 0.3) is 0 Å². The average molecular weight is 467 g/mol. The van der Waals surface area contributed by atoms with Gasteiger partial charge < -0.3 is 14.8 Å². The van der Waals surface area contributed by atoms with Crippen LogP contribution >= 0.6 is 11.8 Å². The minimum Gasteiger partial charge on any atom is -0.497 e. The molecule has 0 aliphatic carbocycles. The van der Waals surface area contributed by atoms with Gasteiger partial charge in [0, 0.05) is 29.4 Å². The standard InChI is InChI=1S/C24H26N4O4S/c1-13(2)20-23(30)28-21(27-20)18-8-6-7-9-19(18)26-24(28)33-14(3)22(29)25-15-10-16(31-4)12-17(11-15)32-5/h6-14,20H,1-5H3,(H,25,29)/t14-,20-/m0/s1. The van der Waals surface area contributed by atoms with Gasteiger partial charge in [-0.05, 0) is 25.0 Å². The van der Waals surface area contributed by atoms with E-state index in [9.17, 15) is 9.59 Å². The van der Waals surface area contributed by atoms with Gasteiger partial charge in [0.25, 0.3) is 5.91 Å². The zero-order valence-electron chi connectivity index (χ0n) is 19.2. The van der Waals surface area contributed by atoms with E-state index in [-0.39, 0.29) is 17.7 Å². The van der Waals surface area contributed by atoms with Crippen LogP contribution in [0.5, 0.6) is 11.5 Å². The van der Waals surface area contributed by atoms with E-state index < -0.39 is 11.3 Å². The van der Waals surface area contributed by atoms with Crippen LogP contribution in [0.1, 0.15) is 26.3 Å². The zero-order chi connectivity index (χ0) is 23.7. The number of nitrogens with one attached hydrogen (secondary N) is 1.